The maximum absolute atomic E-state index is 11.0. The van der Waals surface area contributed by atoms with Crippen LogP contribution in [0.2, 0.25) is 5.02 Å². The average Bonchev–Trinajstić information content (AvgIpc) is 2.43. The first kappa shape index (κ1) is 15.2. The number of nitrogens with one attached hydrogen (secondary N) is 1. The summed E-state index contributed by atoms with van der Waals surface area (Å²) in [5.41, 5.74) is 1.58. The van der Waals surface area contributed by atoms with Gasteiger partial charge in [-0.15, -0.1) is 0 Å². The summed E-state index contributed by atoms with van der Waals surface area (Å²) in [5, 5.41) is 14.2. The summed E-state index contributed by atoms with van der Waals surface area (Å²) in [7, 11) is 1.84. The molecular formula is C14H14ClN3O3. The van der Waals surface area contributed by atoms with Crippen molar-refractivity contribution in [1.29, 1.82) is 0 Å². The van der Waals surface area contributed by atoms with Crippen LogP contribution in [0.4, 0.5) is 5.69 Å². The van der Waals surface area contributed by atoms with Gasteiger partial charge in [-0.1, -0.05) is 17.7 Å². The van der Waals surface area contributed by atoms with Crippen molar-refractivity contribution in [3.8, 4) is 11.6 Å². The second-order valence-electron chi connectivity index (χ2n) is 4.44. The molecule has 0 saturated carbocycles. The lowest BCUT2D eigenvalue weighted by molar-refractivity contribution is -0.385. The van der Waals surface area contributed by atoms with Crippen LogP contribution in [0.5, 0.6) is 11.6 Å². The van der Waals surface area contributed by atoms with Crippen LogP contribution in [0, 0.1) is 17.0 Å². The number of nitro groups is 1. The first-order chi connectivity index (χ1) is 10.0. The van der Waals surface area contributed by atoms with E-state index in [2.05, 4.69) is 10.3 Å². The van der Waals surface area contributed by atoms with Gasteiger partial charge in [0, 0.05) is 24.4 Å². The van der Waals surface area contributed by atoms with E-state index in [9.17, 15) is 10.1 Å². The Morgan fingerprint density at radius 2 is 2.24 bits per heavy atom. The number of para-hydroxylation sites is 1. The normalized spacial score (nSPS) is 10.4. The Bertz CT molecular complexity index is 677. The highest BCUT2D eigenvalue weighted by atomic mass is 35.5. The van der Waals surface area contributed by atoms with E-state index in [1.807, 2.05) is 20.0 Å². The van der Waals surface area contributed by atoms with Crippen LogP contribution in [0.15, 0.2) is 30.5 Å². The summed E-state index contributed by atoms with van der Waals surface area (Å²) in [6.45, 7) is 2.50. The predicted octanol–water partition coefficient (Wildman–Crippen LogP) is 3.46. The van der Waals surface area contributed by atoms with Gasteiger partial charge in [-0.2, -0.15) is 0 Å². The molecule has 6 nitrogen and oxygen atoms in total. The maximum atomic E-state index is 11.0. The molecule has 0 aliphatic rings. The Kier molecular flexibility index (Phi) is 4.72. The van der Waals surface area contributed by atoms with Gasteiger partial charge in [0.15, 0.2) is 0 Å². The first-order valence-corrected chi connectivity index (χ1v) is 6.61. The highest BCUT2D eigenvalue weighted by molar-refractivity contribution is 6.32. The van der Waals surface area contributed by atoms with E-state index >= 15 is 0 Å². The molecule has 0 aliphatic carbocycles. The largest absolute Gasteiger partial charge is 0.430 e. The number of nitrogens with zero attached hydrogens (tertiary/aromatic N) is 2. The van der Waals surface area contributed by atoms with Gasteiger partial charge in [-0.05, 0) is 31.7 Å². The summed E-state index contributed by atoms with van der Waals surface area (Å²) in [5.74, 6) is 0.298. The van der Waals surface area contributed by atoms with Crippen LogP contribution >= 0.6 is 11.6 Å². The number of aryl methyl sites for hydroxylation is 1. The molecule has 0 radical (unpaired) electrons. The van der Waals surface area contributed by atoms with Crippen LogP contribution in [0.1, 0.15) is 11.1 Å². The predicted molar refractivity (Wildman–Crippen MR) is 79.9 cm³/mol. The molecule has 21 heavy (non-hydrogen) atoms. The first-order valence-electron chi connectivity index (χ1n) is 6.23. The number of benzene rings is 1. The van der Waals surface area contributed by atoms with E-state index < -0.39 is 4.92 Å². The molecule has 0 amide bonds. The van der Waals surface area contributed by atoms with Crippen molar-refractivity contribution in [2.75, 3.05) is 7.05 Å². The molecule has 0 saturated heterocycles. The molecule has 1 heterocycles. The summed E-state index contributed by atoms with van der Waals surface area (Å²) >= 11 is 5.99. The van der Waals surface area contributed by atoms with Crippen LogP contribution in [-0.2, 0) is 6.54 Å². The maximum Gasteiger partial charge on any atom is 0.313 e. The van der Waals surface area contributed by atoms with Gasteiger partial charge in [0.25, 0.3) is 0 Å². The fourth-order valence-electron chi connectivity index (χ4n) is 1.87. The van der Waals surface area contributed by atoms with Crippen LogP contribution in [0.3, 0.4) is 0 Å². The number of nitro benzene ring substituents is 1. The van der Waals surface area contributed by atoms with Gasteiger partial charge < -0.3 is 10.1 Å². The van der Waals surface area contributed by atoms with E-state index in [1.165, 1.54) is 18.2 Å². The Hall–Kier alpha value is -2.18. The number of rotatable bonds is 5. The van der Waals surface area contributed by atoms with Crippen molar-refractivity contribution < 1.29 is 9.66 Å². The van der Waals surface area contributed by atoms with Crippen molar-refractivity contribution in [2.45, 2.75) is 13.5 Å². The molecule has 1 aromatic carbocycles. The fraction of sp³-hybridized carbons (Fsp3) is 0.214. The minimum absolute atomic E-state index is 0.00105. The zero-order valence-electron chi connectivity index (χ0n) is 11.6. The molecule has 1 N–H and O–H groups in total. The average molecular weight is 308 g/mol. The van der Waals surface area contributed by atoms with Gasteiger partial charge in [-0.25, -0.2) is 4.98 Å². The molecule has 0 aliphatic heterocycles. The minimum Gasteiger partial charge on any atom is -0.430 e. The van der Waals surface area contributed by atoms with Gasteiger partial charge in [0.2, 0.25) is 11.6 Å². The van der Waals surface area contributed by atoms with Crippen LogP contribution in [-0.4, -0.2) is 17.0 Å². The standard InChI is InChI=1S/C14H14ClN3O3/c1-9-6-10(7-16-2)8-17-14(9)21-13-11(15)4-3-5-12(13)18(19)20/h3-6,8,16H,7H2,1-2H3. The Labute approximate surface area is 126 Å². The summed E-state index contributed by atoms with van der Waals surface area (Å²) in [4.78, 5) is 14.7. The van der Waals surface area contributed by atoms with Crippen LogP contribution in [0.25, 0.3) is 0 Å². The minimum atomic E-state index is -0.536. The van der Waals surface area contributed by atoms with E-state index in [0.717, 1.165) is 11.1 Å². The molecule has 110 valence electrons. The Morgan fingerprint density at radius 3 is 2.86 bits per heavy atom. The van der Waals surface area contributed by atoms with Crippen molar-refractivity contribution in [1.82, 2.24) is 10.3 Å². The second kappa shape index (κ2) is 6.51. The highest BCUT2D eigenvalue weighted by Gasteiger charge is 2.20. The van der Waals surface area contributed by atoms with Crippen molar-refractivity contribution in [3.05, 3.63) is 56.7 Å². The van der Waals surface area contributed by atoms with Crippen molar-refractivity contribution in [2.24, 2.45) is 0 Å². The number of hydrogen-bond donors (Lipinski definition) is 1. The van der Waals surface area contributed by atoms with Crippen LogP contribution < -0.4 is 10.1 Å². The SMILES string of the molecule is CNCc1cnc(Oc2c(Cl)cccc2[N+](=O)[O-])c(C)c1. The summed E-state index contributed by atoms with van der Waals surface area (Å²) in [6.07, 6.45) is 1.65. The van der Waals surface area contributed by atoms with E-state index in [0.29, 0.717) is 12.4 Å². The molecule has 7 heteroatoms. The highest BCUT2D eigenvalue weighted by Crippen LogP contribution is 2.37. The second-order valence-corrected chi connectivity index (χ2v) is 4.85. The molecule has 1 aromatic heterocycles. The third-order valence-corrected chi connectivity index (χ3v) is 3.11. The lowest BCUT2D eigenvalue weighted by Gasteiger charge is -2.10. The fourth-order valence-corrected chi connectivity index (χ4v) is 2.08. The number of aromatic nitrogens is 1. The molecule has 0 unspecified atom stereocenters. The van der Waals surface area contributed by atoms with Crippen molar-refractivity contribution in [3.63, 3.8) is 0 Å². The number of hydrogen-bond acceptors (Lipinski definition) is 5. The Balaban J connectivity index is 2.37. The van der Waals surface area contributed by atoms with E-state index in [1.54, 1.807) is 6.20 Å². The monoisotopic (exact) mass is 307 g/mol. The summed E-state index contributed by atoms with van der Waals surface area (Å²) < 4.78 is 5.56. The van der Waals surface area contributed by atoms with E-state index in [4.69, 9.17) is 16.3 Å². The quantitative estimate of drug-likeness (QED) is 0.676. The zero-order valence-corrected chi connectivity index (χ0v) is 12.3. The Morgan fingerprint density at radius 1 is 1.48 bits per heavy atom. The topological polar surface area (TPSA) is 77.3 Å². The van der Waals surface area contributed by atoms with Gasteiger partial charge in [0.1, 0.15) is 0 Å². The van der Waals surface area contributed by atoms with Gasteiger partial charge >= 0.3 is 5.69 Å². The molecule has 0 atom stereocenters. The van der Waals surface area contributed by atoms with Gasteiger partial charge in [-0.3, -0.25) is 10.1 Å². The molecular weight excluding hydrogens is 294 g/mol. The number of ether oxygens (including phenoxy) is 1. The zero-order chi connectivity index (χ0) is 15.4. The molecule has 0 bridgehead atoms. The molecule has 0 spiro atoms. The third kappa shape index (κ3) is 3.48. The lowest BCUT2D eigenvalue weighted by Crippen LogP contribution is -2.06. The van der Waals surface area contributed by atoms with E-state index in [-0.39, 0.29) is 16.5 Å². The van der Waals surface area contributed by atoms with Crippen molar-refractivity contribution >= 4 is 17.3 Å². The molecule has 2 rings (SSSR count). The van der Waals surface area contributed by atoms with Gasteiger partial charge in [0.05, 0.1) is 9.95 Å². The smallest absolute Gasteiger partial charge is 0.313 e. The number of halogens is 1. The lowest BCUT2D eigenvalue weighted by atomic mass is 10.2. The molecule has 2 aromatic rings. The molecule has 0 fully saturated rings. The number of pyridine rings is 1. The summed E-state index contributed by atoms with van der Waals surface area (Å²) in [6, 6.07) is 6.28. The third-order valence-electron chi connectivity index (χ3n) is 2.81.